The normalized spacial score (nSPS) is 13.8. The van der Waals surface area contributed by atoms with Crippen molar-refractivity contribution in [1.29, 1.82) is 0 Å². The van der Waals surface area contributed by atoms with Crippen molar-refractivity contribution in [3.8, 4) is 5.75 Å². The molecule has 0 aromatic heterocycles. The fourth-order valence-electron chi connectivity index (χ4n) is 2.43. The van der Waals surface area contributed by atoms with Crippen LogP contribution in [0.25, 0.3) is 0 Å². The Hall–Kier alpha value is -1.55. The fraction of sp³-hybridized carbons (Fsp3) is 0.562. The van der Waals surface area contributed by atoms with Gasteiger partial charge in [0.25, 0.3) is 0 Å². The van der Waals surface area contributed by atoms with Gasteiger partial charge in [-0.15, -0.1) is 0 Å². The van der Waals surface area contributed by atoms with Crippen LogP contribution >= 0.6 is 0 Å². The summed E-state index contributed by atoms with van der Waals surface area (Å²) in [6.45, 7) is 4.36. The monoisotopic (exact) mass is 279 g/mol. The Morgan fingerprint density at radius 3 is 2.60 bits per heavy atom. The van der Waals surface area contributed by atoms with E-state index in [9.17, 15) is 4.79 Å². The molecule has 0 aliphatic carbocycles. The zero-order valence-electron chi connectivity index (χ0n) is 12.6. The number of aliphatic carboxylic acids is 1. The second kappa shape index (κ2) is 7.90. The maximum Gasteiger partial charge on any atom is 0.307 e. The van der Waals surface area contributed by atoms with Crippen molar-refractivity contribution in [3.63, 3.8) is 0 Å². The Bertz CT molecular complexity index is 445. The Labute approximate surface area is 120 Å². The number of benzene rings is 1. The number of methoxy groups -OCH3 is 1. The number of hydrogen-bond acceptors (Lipinski definition) is 3. The molecule has 0 aliphatic heterocycles. The number of carboxylic acid groups (broad SMARTS) is 1. The van der Waals surface area contributed by atoms with E-state index in [2.05, 4.69) is 19.9 Å². The molecule has 2 unspecified atom stereocenters. The number of carbonyl (C=O) groups is 1. The highest BCUT2D eigenvalue weighted by Gasteiger charge is 2.21. The molecule has 0 saturated heterocycles. The summed E-state index contributed by atoms with van der Waals surface area (Å²) in [4.78, 5) is 11.1. The summed E-state index contributed by atoms with van der Waals surface area (Å²) < 4.78 is 5.20. The van der Waals surface area contributed by atoms with Crippen molar-refractivity contribution in [2.75, 3.05) is 13.7 Å². The highest BCUT2D eigenvalue weighted by atomic mass is 16.5. The summed E-state index contributed by atoms with van der Waals surface area (Å²) in [5.74, 6) is -0.0488. The molecule has 0 bridgehead atoms. The molecule has 2 atom stereocenters. The zero-order chi connectivity index (χ0) is 15.1. The third-order valence-corrected chi connectivity index (χ3v) is 3.89. The van der Waals surface area contributed by atoms with E-state index >= 15 is 0 Å². The van der Waals surface area contributed by atoms with Crippen LogP contribution < -0.4 is 10.5 Å². The van der Waals surface area contributed by atoms with Gasteiger partial charge < -0.3 is 15.6 Å². The van der Waals surface area contributed by atoms with Crippen molar-refractivity contribution >= 4 is 5.97 Å². The molecule has 0 fully saturated rings. The van der Waals surface area contributed by atoms with Gasteiger partial charge in [-0.1, -0.05) is 19.4 Å². The number of rotatable bonds is 8. The molecule has 0 amide bonds. The van der Waals surface area contributed by atoms with Gasteiger partial charge in [-0.05, 0) is 48.9 Å². The van der Waals surface area contributed by atoms with Crippen LogP contribution in [0.5, 0.6) is 5.75 Å². The minimum absolute atomic E-state index is 0.202. The highest BCUT2D eigenvalue weighted by Crippen LogP contribution is 2.24. The van der Waals surface area contributed by atoms with Gasteiger partial charge in [0.1, 0.15) is 5.75 Å². The molecule has 1 rings (SSSR count). The predicted octanol–water partition coefficient (Wildman–Crippen LogP) is 2.62. The molecule has 112 valence electrons. The van der Waals surface area contributed by atoms with Crippen molar-refractivity contribution in [2.45, 2.75) is 33.1 Å². The van der Waals surface area contributed by atoms with Crippen molar-refractivity contribution in [3.05, 3.63) is 29.3 Å². The smallest absolute Gasteiger partial charge is 0.307 e. The van der Waals surface area contributed by atoms with E-state index in [4.69, 9.17) is 15.6 Å². The number of carboxylic acids is 1. The second-order valence-electron chi connectivity index (χ2n) is 5.28. The van der Waals surface area contributed by atoms with Crippen LogP contribution in [0.15, 0.2) is 18.2 Å². The molecule has 0 aliphatic rings. The lowest BCUT2D eigenvalue weighted by molar-refractivity contribution is -0.142. The van der Waals surface area contributed by atoms with Gasteiger partial charge in [-0.2, -0.15) is 0 Å². The SMILES string of the molecule is CCC(Cc1ccc(OC)cc1C)CC(CN)C(=O)O. The fourth-order valence-corrected chi connectivity index (χ4v) is 2.43. The lowest BCUT2D eigenvalue weighted by atomic mass is 9.86. The van der Waals surface area contributed by atoms with Crippen LogP contribution in [-0.4, -0.2) is 24.7 Å². The van der Waals surface area contributed by atoms with Gasteiger partial charge in [0.15, 0.2) is 0 Å². The molecular weight excluding hydrogens is 254 g/mol. The van der Waals surface area contributed by atoms with E-state index in [-0.39, 0.29) is 6.54 Å². The Kier molecular flexibility index (Phi) is 6.52. The first-order valence-electron chi connectivity index (χ1n) is 7.08. The first-order valence-corrected chi connectivity index (χ1v) is 7.08. The van der Waals surface area contributed by atoms with Gasteiger partial charge in [0, 0.05) is 6.54 Å². The average Bonchev–Trinajstić information content (AvgIpc) is 2.44. The maximum atomic E-state index is 11.1. The minimum Gasteiger partial charge on any atom is -0.497 e. The second-order valence-corrected chi connectivity index (χ2v) is 5.28. The minimum atomic E-state index is -0.794. The van der Waals surface area contributed by atoms with E-state index in [1.165, 1.54) is 11.1 Å². The first kappa shape index (κ1) is 16.5. The Morgan fingerprint density at radius 1 is 1.45 bits per heavy atom. The van der Waals surface area contributed by atoms with E-state index < -0.39 is 11.9 Å². The predicted molar refractivity (Wildman–Crippen MR) is 80.0 cm³/mol. The number of hydrogen-bond donors (Lipinski definition) is 2. The van der Waals surface area contributed by atoms with Gasteiger partial charge in [0.05, 0.1) is 13.0 Å². The maximum absolute atomic E-state index is 11.1. The van der Waals surface area contributed by atoms with Gasteiger partial charge in [-0.3, -0.25) is 4.79 Å². The third kappa shape index (κ3) is 4.53. The molecular formula is C16H25NO3. The summed E-state index contributed by atoms with van der Waals surface area (Å²) in [5.41, 5.74) is 7.97. The largest absolute Gasteiger partial charge is 0.497 e. The van der Waals surface area contributed by atoms with Crippen molar-refractivity contribution in [2.24, 2.45) is 17.6 Å². The highest BCUT2D eigenvalue weighted by molar-refractivity contribution is 5.70. The molecule has 4 nitrogen and oxygen atoms in total. The molecule has 1 aromatic carbocycles. The first-order chi connectivity index (χ1) is 9.51. The quantitative estimate of drug-likeness (QED) is 0.767. The standard InChI is InChI=1S/C16H25NO3/c1-4-12(9-14(10-17)16(18)19)8-13-5-6-15(20-3)7-11(13)2/h5-7,12,14H,4,8-10,17H2,1-3H3,(H,18,19). The summed E-state index contributed by atoms with van der Waals surface area (Å²) in [6.07, 6.45) is 2.47. The molecule has 0 radical (unpaired) electrons. The lowest BCUT2D eigenvalue weighted by Crippen LogP contribution is -2.26. The van der Waals surface area contributed by atoms with Gasteiger partial charge >= 0.3 is 5.97 Å². The topological polar surface area (TPSA) is 72.5 Å². The molecule has 20 heavy (non-hydrogen) atoms. The number of nitrogens with two attached hydrogens (primary N) is 1. The average molecular weight is 279 g/mol. The van der Waals surface area contributed by atoms with Crippen LogP contribution in [0, 0.1) is 18.8 Å². The van der Waals surface area contributed by atoms with Crippen LogP contribution in [0.3, 0.4) is 0 Å². The molecule has 0 heterocycles. The zero-order valence-corrected chi connectivity index (χ0v) is 12.6. The number of aryl methyl sites for hydroxylation is 1. The molecule has 0 spiro atoms. The molecule has 1 aromatic rings. The summed E-state index contributed by atoms with van der Waals surface area (Å²) in [6, 6.07) is 6.03. The van der Waals surface area contributed by atoms with Crippen LogP contribution in [0.4, 0.5) is 0 Å². The van der Waals surface area contributed by atoms with E-state index in [0.29, 0.717) is 12.3 Å². The van der Waals surface area contributed by atoms with Crippen LogP contribution in [0.1, 0.15) is 30.9 Å². The summed E-state index contributed by atoms with van der Waals surface area (Å²) >= 11 is 0. The van der Waals surface area contributed by atoms with Gasteiger partial charge in [-0.25, -0.2) is 0 Å². The Balaban J connectivity index is 2.75. The lowest BCUT2D eigenvalue weighted by Gasteiger charge is -2.20. The van der Waals surface area contributed by atoms with E-state index in [0.717, 1.165) is 18.6 Å². The summed E-state index contributed by atoms with van der Waals surface area (Å²) in [7, 11) is 1.65. The molecule has 3 N–H and O–H groups in total. The molecule has 0 saturated carbocycles. The van der Waals surface area contributed by atoms with Gasteiger partial charge in [0.2, 0.25) is 0 Å². The Morgan fingerprint density at radius 2 is 2.15 bits per heavy atom. The van der Waals surface area contributed by atoms with E-state index in [1.807, 2.05) is 12.1 Å². The van der Waals surface area contributed by atoms with Crippen LogP contribution in [-0.2, 0) is 11.2 Å². The third-order valence-electron chi connectivity index (χ3n) is 3.89. The van der Waals surface area contributed by atoms with Crippen molar-refractivity contribution in [1.82, 2.24) is 0 Å². The number of ether oxygens (including phenoxy) is 1. The van der Waals surface area contributed by atoms with E-state index in [1.54, 1.807) is 7.11 Å². The molecule has 4 heteroatoms. The summed E-state index contributed by atoms with van der Waals surface area (Å²) in [5, 5.41) is 9.11. The van der Waals surface area contributed by atoms with Crippen LogP contribution in [0.2, 0.25) is 0 Å². The van der Waals surface area contributed by atoms with Crippen molar-refractivity contribution < 1.29 is 14.6 Å².